The molecule has 0 saturated carbocycles. The molecule has 0 aliphatic rings. The molecule has 0 aromatic heterocycles. The lowest BCUT2D eigenvalue weighted by Crippen LogP contribution is -2.02. The fourth-order valence-corrected chi connectivity index (χ4v) is 1.63. The second-order valence-electron chi connectivity index (χ2n) is 0.924. The zero-order valence-electron chi connectivity index (χ0n) is 3.85. The molecule has 0 amide bonds. The van der Waals surface area contributed by atoms with Gasteiger partial charge < -0.3 is 4.21 Å². The van der Waals surface area contributed by atoms with Gasteiger partial charge in [-0.05, 0) is 0 Å². The van der Waals surface area contributed by atoms with Crippen LogP contribution in [0.3, 0.4) is 0 Å². The fourth-order valence-electron chi connectivity index (χ4n) is 0.101. The summed E-state index contributed by atoms with van der Waals surface area (Å²) in [5, 5.41) is 0. The van der Waals surface area contributed by atoms with Gasteiger partial charge in [-0.3, -0.25) is 0 Å². The Morgan fingerprint density at radius 3 is 2.11 bits per heavy atom. The Kier molecular flexibility index (Phi) is 4.25. The van der Waals surface area contributed by atoms with Gasteiger partial charge in [0.25, 0.3) is 9.76 Å². The van der Waals surface area contributed by atoms with E-state index < -0.39 is 22.2 Å². The average Bonchev–Trinajstić information content (AvgIpc) is 1.59. The zero-order valence-corrected chi connectivity index (χ0v) is 7.26. The van der Waals surface area contributed by atoms with Crippen LogP contribution in [0.4, 0.5) is 8.39 Å². The van der Waals surface area contributed by atoms with Crippen molar-refractivity contribution >= 4 is 41.0 Å². The third-order valence-corrected chi connectivity index (χ3v) is 2.23. The number of halogens is 4. The zero-order chi connectivity index (χ0) is 7.49. The molecule has 0 heterocycles. The summed E-state index contributed by atoms with van der Waals surface area (Å²) in [6, 6.07) is 0. The van der Waals surface area contributed by atoms with Crippen LogP contribution in [0.1, 0.15) is 0 Å². The maximum absolute atomic E-state index is 11.3. The SMILES string of the molecule is O=P(F)(F)O[Si]C(Cl)Cl. The van der Waals surface area contributed by atoms with Crippen molar-refractivity contribution in [2.45, 2.75) is 4.46 Å². The van der Waals surface area contributed by atoms with Crippen molar-refractivity contribution in [3.8, 4) is 0 Å². The molecule has 0 bridgehead atoms. The van der Waals surface area contributed by atoms with Gasteiger partial charge in [0.1, 0.15) is 4.46 Å². The molecule has 0 aliphatic heterocycles. The van der Waals surface area contributed by atoms with Gasteiger partial charge in [0, 0.05) is 0 Å². The average molecular weight is 213 g/mol. The first kappa shape index (κ1) is 9.85. The van der Waals surface area contributed by atoms with Crippen molar-refractivity contribution in [3.05, 3.63) is 0 Å². The number of rotatable bonds is 3. The van der Waals surface area contributed by atoms with Crippen LogP contribution in [-0.4, -0.2) is 14.2 Å². The van der Waals surface area contributed by atoms with E-state index in [2.05, 4.69) is 4.21 Å². The molecule has 0 saturated heterocycles. The van der Waals surface area contributed by atoms with Crippen LogP contribution < -0.4 is 0 Å². The molecule has 0 atom stereocenters. The summed E-state index contributed by atoms with van der Waals surface area (Å²) in [7, 11) is -6.22. The molecule has 2 nitrogen and oxygen atoms in total. The minimum atomic E-state index is -5.38. The van der Waals surface area contributed by atoms with E-state index in [1.165, 1.54) is 0 Å². The second-order valence-corrected chi connectivity index (χ2v) is 5.12. The van der Waals surface area contributed by atoms with E-state index in [-0.39, 0.29) is 0 Å². The van der Waals surface area contributed by atoms with Gasteiger partial charge >= 0.3 is 7.99 Å². The topological polar surface area (TPSA) is 26.3 Å². The first-order chi connectivity index (χ1) is 3.92. The van der Waals surface area contributed by atoms with Gasteiger partial charge in [-0.2, -0.15) is 0 Å². The summed E-state index contributed by atoms with van der Waals surface area (Å²) in [5.74, 6) is 0. The van der Waals surface area contributed by atoms with E-state index in [0.29, 0.717) is 0 Å². The standard InChI is InChI=1S/CHCl2F2O2PSi/c2-1(3)9-7-8(4,5)6/h1H. The smallest absolute Gasteiger partial charge is 0.321 e. The minimum Gasteiger partial charge on any atom is -0.321 e. The molecule has 0 aromatic rings. The van der Waals surface area contributed by atoms with Crippen LogP contribution in [0.15, 0.2) is 0 Å². The molecule has 8 heteroatoms. The maximum Gasteiger partial charge on any atom is 0.541 e. The van der Waals surface area contributed by atoms with Gasteiger partial charge in [-0.15, -0.1) is 31.6 Å². The Morgan fingerprint density at radius 1 is 1.56 bits per heavy atom. The molecule has 0 rings (SSSR count). The highest BCUT2D eigenvalue weighted by Gasteiger charge is 2.22. The molecule has 2 radical (unpaired) electrons. The van der Waals surface area contributed by atoms with Crippen molar-refractivity contribution < 1.29 is 17.2 Å². The highest BCUT2D eigenvalue weighted by molar-refractivity contribution is 7.48. The largest absolute Gasteiger partial charge is 0.541 e. The van der Waals surface area contributed by atoms with Gasteiger partial charge in [-0.1, -0.05) is 0 Å². The molecular formula is CHCl2F2O2PSi. The first-order valence-corrected chi connectivity index (χ1v) is 4.90. The van der Waals surface area contributed by atoms with Crippen molar-refractivity contribution in [2.24, 2.45) is 0 Å². The molecule has 54 valence electrons. The first-order valence-electron chi connectivity index (χ1n) is 1.63. The van der Waals surface area contributed by atoms with Crippen molar-refractivity contribution in [2.75, 3.05) is 0 Å². The van der Waals surface area contributed by atoms with Crippen molar-refractivity contribution in [1.29, 1.82) is 0 Å². The van der Waals surface area contributed by atoms with Gasteiger partial charge in [0.2, 0.25) is 0 Å². The summed E-state index contributed by atoms with van der Waals surface area (Å²) < 4.78 is 34.5. The van der Waals surface area contributed by atoms with E-state index in [1.54, 1.807) is 0 Å². The predicted molar refractivity (Wildman–Crippen MR) is 32.2 cm³/mol. The van der Waals surface area contributed by atoms with Crippen LogP contribution in [-0.2, 0) is 8.78 Å². The van der Waals surface area contributed by atoms with E-state index in [4.69, 9.17) is 23.2 Å². The molecule has 0 spiro atoms. The summed E-state index contributed by atoms with van der Waals surface area (Å²) in [4.78, 5) is 0. The van der Waals surface area contributed by atoms with Crippen molar-refractivity contribution in [1.82, 2.24) is 0 Å². The minimum absolute atomic E-state index is 0.842. The Balaban J connectivity index is 3.40. The lowest BCUT2D eigenvalue weighted by atomic mass is 11.9. The molecule has 0 N–H and O–H groups in total. The Bertz CT molecular complexity index is 126. The molecule has 0 unspecified atom stereocenters. The van der Waals surface area contributed by atoms with Gasteiger partial charge in [0.05, 0.1) is 0 Å². The van der Waals surface area contributed by atoms with E-state index >= 15 is 0 Å². The fraction of sp³-hybridized carbons (Fsp3) is 1.00. The molecule has 0 fully saturated rings. The number of alkyl halides is 2. The molecule has 9 heavy (non-hydrogen) atoms. The van der Waals surface area contributed by atoms with E-state index in [0.717, 1.165) is 0 Å². The molecule has 0 aliphatic carbocycles. The Hall–Kier alpha value is 0.847. The van der Waals surface area contributed by atoms with Crippen LogP contribution in [0, 0.1) is 0 Å². The number of hydrogen-bond acceptors (Lipinski definition) is 2. The van der Waals surface area contributed by atoms with Crippen LogP contribution in [0.5, 0.6) is 0 Å². The Labute approximate surface area is 63.1 Å². The second kappa shape index (κ2) is 3.88. The quantitative estimate of drug-likeness (QED) is 0.408. The molecule has 0 aromatic carbocycles. The summed E-state index contributed by atoms with van der Waals surface area (Å²) >= 11 is 9.96. The normalized spacial score (nSPS) is 12.6. The summed E-state index contributed by atoms with van der Waals surface area (Å²) in [6.45, 7) is 0. The third kappa shape index (κ3) is 8.85. The van der Waals surface area contributed by atoms with Gasteiger partial charge in [0.15, 0.2) is 0 Å². The third-order valence-electron chi connectivity index (χ3n) is 0.248. The predicted octanol–water partition coefficient (Wildman–Crippen LogP) is 2.43. The summed E-state index contributed by atoms with van der Waals surface area (Å²) in [6.07, 6.45) is 0. The monoisotopic (exact) mass is 212 g/mol. The van der Waals surface area contributed by atoms with Crippen LogP contribution in [0.2, 0.25) is 0 Å². The Morgan fingerprint density at radius 2 is 2.00 bits per heavy atom. The van der Waals surface area contributed by atoms with E-state index in [1.807, 2.05) is 0 Å². The lowest BCUT2D eigenvalue weighted by Gasteiger charge is -1.97. The highest BCUT2D eigenvalue weighted by atomic mass is 35.5. The lowest BCUT2D eigenvalue weighted by molar-refractivity contribution is 0.393. The van der Waals surface area contributed by atoms with Crippen LogP contribution in [0.25, 0.3) is 0 Å². The van der Waals surface area contributed by atoms with E-state index in [9.17, 15) is 13.0 Å². The van der Waals surface area contributed by atoms with Crippen molar-refractivity contribution in [3.63, 3.8) is 0 Å². The van der Waals surface area contributed by atoms with Crippen LogP contribution >= 0.6 is 31.2 Å². The van der Waals surface area contributed by atoms with Gasteiger partial charge in [-0.25, -0.2) is 4.57 Å². The highest BCUT2D eigenvalue weighted by Crippen LogP contribution is 2.49. The maximum atomic E-state index is 11.3. The number of hydrogen-bond donors (Lipinski definition) is 0. The molecular weight excluding hydrogens is 212 g/mol. The summed E-state index contributed by atoms with van der Waals surface area (Å²) in [5.41, 5.74) is 0.